The molecule has 0 radical (unpaired) electrons. The summed E-state index contributed by atoms with van der Waals surface area (Å²) in [6.07, 6.45) is 1.76. The number of hydrogen-bond acceptors (Lipinski definition) is 8. The van der Waals surface area contributed by atoms with Gasteiger partial charge in [-0.05, 0) is 38.5 Å². The van der Waals surface area contributed by atoms with Crippen LogP contribution < -0.4 is 14.8 Å². The maximum absolute atomic E-state index is 12.2. The summed E-state index contributed by atoms with van der Waals surface area (Å²) >= 11 is 2.70. The van der Waals surface area contributed by atoms with E-state index in [0.717, 1.165) is 11.3 Å². The zero-order valence-corrected chi connectivity index (χ0v) is 19.4. The first-order valence-electron chi connectivity index (χ1n) is 9.74. The molecule has 31 heavy (non-hydrogen) atoms. The minimum absolute atomic E-state index is 0.147. The van der Waals surface area contributed by atoms with Crippen molar-refractivity contribution in [3.8, 4) is 11.5 Å². The minimum atomic E-state index is -0.147. The van der Waals surface area contributed by atoms with Crippen molar-refractivity contribution in [1.29, 1.82) is 0 Å². The smallest absolute Gasteiger partial charge is 0.236 e. The maximum Gasteiger partial charge on any atom is 0.236 e. The van der Waals surface area contributed by atoms with Crippen molar-refractivity contribution in [2.45, 2.75) is 39.1 Å². The van der Waals surface area contributed by atoms with Crippen LogP contribution in [-0.4, -0.2) is 38.0 Å². The number of benzene rings is 1. The van der Waals surface area contributed by atoms with Crippen molar-refractivity contribution in [2.24, 2.45) is 0 Å². The Morgan fingerprint density at radius 3 is 2.84 bits per heavy atom. The number of carbonyl (C=O) groups is 1. The first-order valence-corrected chi connectivity index (χ1v) is 11.6. The number of amides is 1. The molecule has 0 saturated heterocycles. The molecule has 1 N–H and O–H groups in total. The van der Waals surface area contributed by atoms with Gasteiger partial charge in [-0.25, -0.2) is 4.98 Å². The number of nitrogens with one attached hydrogen (secondary N) is 1. The number of thioether (sulfide) groups is 1. The van der Waals surface area contributed by atoms with Gasteiger partial charge in [0, 0.05) is 11.9 Å². The Morgan fingerprint density at radius 2 is 2.13 bits per heavy atom. The largest absolute Gasteiger partial charge is 0.490 e. The number of ether oxygens (including phenoxy) is 2. The van der Waals surface area contributed by atoms with Crippen molar-refractivity contribution >= 4 is 34.1 Å². The van der Waals surface area contributed by atoms with Crippen LogP contribution in [0.5, 0.6) is 11.5 Å². The average molecular weight is 460 g/mol. The fraction of sp³-hybridized carbons (Fsp3) is 0.333. The maximum atomic E-state index is 12.2. The normalized spacial score (nSPS) is 10.7. The monoisotopic (exact) mass is 459 g/mol. The molecule has 0 aliphatic heterocycles. The third-order valence-electron chi connectivity index (χ3n) is 4.06. The molecule has 2 aromatic heterocycles. The highest BCUT2D eigenvalue weighted by Crippen LogP contribution is 2.29. The van der Waals surface area contributed by atoms with Crippen LogP contribution >= 0.6 is 23.1 Å². The van der Waals surface area contributed by atoms with E-state index >= 15 is 0 Å². The average Bonchev–Trinajstić information content (AvgIpc) is 3.32. The number of nitrogens with zero attached hydrogens (tertiary/aromatic N) is 4. The van der Waals surface area contributed by atoms with Gasteiger partial charge in [0.15, 0.2) is 27.6 Å². The van der Waals surface area contributed by atoms with Gasteiger partial charge >= 0.3 is 0 Å². The van der Waals surface area contributed by atoms with Crippen LogP contribution in [0.2, 0.25) is 0 Å². The molecule has 0 unspecified atom stereocenters. The summed E-state index contributed by atoms with van der Waals surface area (Å²) in [6.45, 7) is 10.9. The molecule has 1 aromatic carbocycles. The van der Waals surface area contributed by atoms with E-state index < -0.39 is 0 Å². The molecule has 0 bridgehead atoms. The first kappa shape index (κ1) is 22.8. The number of anilines is 1. The molecule has 0 spiro atoms. The number of aryl methyl sites for hydroxylation is 2. The molecule has 0 aliphatic carbocycles. The van der Waals surface area contributed by atoms with E-state index in [1.807, 2.05) is 48.9 Å². The summed E-state index contributed by atoms with van der Waals surface area (Å²) in [6, 6.07) is 5.79. The number of allylic oxidation sites excluding steroid dienone is 1. The Kier molecular flexibility index (Phi) is 8.07. The second kappa shape index (κ2) is 11.0. The molecular weight excluding hydrogens is 434 g/mol. The van der Waals surface area contributed by atoms with Crippen molar-refractivity contribution in [1.82, 2.24) is 19.7 Å². The zero-order valence-electron chi connectivity index (χ0n) is 17.8. The van der Waals surface area contributed by atoms with Crippen LogP contribution in [0.15, 0.2) is 41.4 Å². The lowest BCUT2D eigenvalue weighted by Crippen LogP contribution is -2.15. The summed E-state index contributed by atoms with van der Waals surface area (Å²) in [5, 5.41) is 14.4. The van der Waals surface area contributed by atoms with E-state index in [9.17, 15) is 4.79 Å². The van der Waals surface area contributed by atoms with Crippen molar-refractivity contribution in [3.05, 3.63) is 53.3 Å². The van der Waals surface area contributed by atoms with E-state index in [1.165, 1.54) is 23.1 Å². The number of thiazole rings is 1. The summed E-state index contributed by atoms with van der Waals surface area (Å²) in [5.41, 5.74) is 1.97. The number of hydrogen-bond donors (Lipinski definition) is 1. The molecule has 0 atom stereocenters. The lowest BCUT2D eigenvalue weighted by Gasteiger charge is -2.13. The van der Waals surface area contributed by atoms with Crippen LogP contribution in [0.4, 0.5) is 5.13 Å². The highest BCUT2D eigenvalue weighted by molar-refractivity contribution is 7.99. The molecule has 164 valence electrons. The molecule has 0 aliphatic rings. The SMILES string of the molecule is C=CCn1c(COc2ccc(C)cc2OCC)nnc1SCC(=O)Nc1nc(C)cs1. The van der Waals surface area contributed by atoms with Gasteiger partial charge in [-0.15, -0.1) is 28.1 Å². The van der Waals surface area contributed by atoms with E-state index in [4.69, 9.17) is 9.47 Å². The second-order valence-corrected chi connectivity index (χ2v) is 8.40. The molecule has 3 aromatic rings. The predicted octanol–water partition coefficient (Wildman–Crippen LogP) is 4.25. The Balaban J connectivity index is 1.64. The Hall–Kier alpha value is -2.85. The van der Waals surface area contributed by atoms with Gasteiger partial charge in [0.05, 0.1) is 18.1 Å². The van der Waals surface area contributed by atoms with Crippen molar-refractivity contribution in [3.63, 3.8) is 0 Å². The molecule has 10 heteroatoms. The number of aromatic nitrogens is 4. The standard InChI is InChI=1S/C21H25N5O3S2/c1-5-9-26-18(11-29-16-8-7-14(3)10-17(16)28-6-2)24-25-21(26)31-13-19(27)23-20-22-15(4)12-30-20/h5,7-8,10,12H,1,6,9,11,13H2,2-4H3,(H,22,23,27). The van der Waals surface area contributed by atoms with Crippen LogP contribution in [0, 0.1) is 13.8 Å². The predicted molar refractivity (Wildman–Crippen MR) is 123 cm³/mol. The van der Waals surface area contributed by atoms with Gasteiger partial charge in [-0.1, -0.05) is 23.9 Å². The van der Waals surface area contributed by atoms with Crippen LogP contribution in [0.1, 0.15) is 24.0 Å². The number of carbonyl (C=O) groups excluding carboxylic acids is 1. The molecular formula is C21H25N5O3S2. The van der Waals surface area contributed by atoms with Crippen LogP contribution in [0.25, 0.3) is 0 Å². The Morgan fingerprint density at radius 1 is 1.29 bits per heavy atom. The highest BCUT2D eigenvalue weighted by atomic mass is 32.2. The Labute approximate surface area is 189 Å². The quantitative estimate of drug-likeness (QED) is 0.339. The van der Waals surface area contributed by atoms with Crippen molar-refractivity contribution < 1.29 is 14.3 Å². The third-order valence-corrected chi connectivity index (χ3v) is 5.90. The third kappa shape index (κ3) is 6.31. The molecule has 2 heterocycles. The molecule has 0 fully saturated rings. The zero-order chi connectivity index (χ0) is 22.2. The van der Waals surface area contributed by atoms with E-state index in [0.29, 0.717) is 40.8 Å². The van der Waals surface area contributed by atoms with E-state index in [2.05, 4.69) is 27.1 Å². The summed E-state index contributed by atoms with van der Waals surface area (Å²) in [4.78, 5) is 16.5. The van der Waals surface area contributed by atoms with E-state index in [1.54, 1.807) is 6.08 Å². The highest BCUT2D eigenvalue weighted by Gasteiger charge is 2.15. The lowest BCUT2D eigenvalue weighted by molar-refractivity contribution is -0.113. The second-order valence-electron chi connectivity index (χ2n) is 6.60. The fourth-order valence-corrected chi connectivity index (χ4v) is 4.16. The van der Waals surface area contributed by atoms with Gasteiger partial charge in [0.1, 0.15) is 6.61 Å². The fourth-order valence-electron chi connectivity index (χ4n) is 2.69. The van der Waals surface area contributed by atoms with Gasteiger partial charge in [0.2, 0.25) is 5.91 Å². The summed E-state index contributed by atoms with van der Waals surface area (Å²) in [5.74, 6) is 2.03. The Bertz CT molecular complexity index is 1050. The molecule has 3 rings (SSSR count). The molecule has 1 amide bonds. The summed E-state index contributed by atoms with van der Waals surface area (Å²) in [7, 11) is 0. The summed E-state index contributed by atoms with van der Waals surface area (Å²) < 4.78 is 13.5. The first-order chi connectivity index (χ1) is 15.0. The van der Waals surface area contributed by atoms with Crippen LogP contribution in [0.3, 0.4) is 0 Å². The van der Waals surface area contributed by atoms with Gasteiger partial charge in [-0.2, -0.15) is 0 Å². The van der Waals surface area contributed by atoms with Gasteiger partial charge in [-0.3, -0.25) is 9.36 Å². The number of rotatable bonds is 11. The molecule has 8 nitrogen and oxygen atoms in total. The topological polar surface area (TPSA) is 91.2 Å². The van der Waals surface area contributed by atoms with Gasteiger partial charge in [0.25, 0.3) is 0 Å². The molecule has 0 saturated carbocycles. The van der Waals surface area contributed by atoms with E-state index in [-0.39, 0.29) is 18.3 Å². The lowest BCUT2D eigenvalue weighted by atomic mass is 10.2. The van der Waals surface area contributed by atoms with Crippen LogP contribution in [-0.2, 0) is 17.9 Å². The minimum Gasteiger partial charge on any atom is -0.490 e. The van der Waals surface area contributed by atoms with Crippen molar-refractivity contribution in [2.75, 3.05) is 17.7 Å². The van der Waals surface area contributed by atoms with Gasteiger partial charge < -0.3 is 14.8 Å².